The second-order valence-corrected chi connectivity index (χ2v) is 8.43. The molecule has 0 aliphatic rings. The number of fused-ring (bicyclic) bond motifs is 1. The average molecular weight is 491 g/mol. The lowest BCUT2D eigenvalue weighted by molar-refractivity contribution is -0.116. The van der Waals surface area contributed by atoms with E-state index >= 15 is 0 Å². The monoisotopic (exact) mass is 490 g/mol. The van der Waals surface area contributed by atoms with Crippen molar-refractivity contribution in [2.75, 3.05) is 7.11 Å². The Morgan fingerprint density at radius 1 is 1.19 bits per heavy atom. The Bertz CT molecular complexity index is 1290. The molecule has 4 rings (SSSR count). The van der Waals surface area contributed by atoms with Crippen LogP contribution in [0, 0.1) is 6.92 Å². The van der Waals surface area contributed by atoms with Crippen LogP contribution in [-0.2, 0) is 11.3 Å². The highest BCUT2D eigenvalue weighted by Crippen LogP contribution is 2.40. The van der Waals surface area contributed by atoms with Crippen LogP contribution in [0.5, 0.6) is 5.75 Å². The first kappa shape index (κ1) is 21.8. The van der Waals surface area contributed by atoms with Crippen molar-refractivity contribution >= 4 is 38.4 Å². The minimum absolute atomic E-state index is 0.167. The highest BCUT2D eigenvalue weighted by molar-refractivity contribution is 9.10. The Kier molecular flexibility index (Phi) is 6.42. The summed E-state index contributed by atoms with van der Waals surface area (Å²) in [5.74, 6) is 0.532. The topological polar surface area (TPSA) is 64.4 Å². The summed E-state index contributed by atoms with van der Waals surface area (Å²) in [6, 6.07) is 13.9. The molecule has 4 aromatic rings. The van der Waals surface area contributed by atoms with Crippen molar-refractivity contribution in [3.05, 3.63) is 88.4 Å². The quantitative estimate of drug-likeness (QED) is 0.322. The molecular weight excluding hydrogens is 468 g/mol. The number of nitrogens with one attached hydrogen (secondary N) is 1. The van der Waals surface area contributed by atoms with Gasteiger partial charge in [-0.15, -0.1) is 0 Å². The molecule has 1 N–H and O–H groups in total. The molecule has 2 aromatic carbocycles. The number of carbonyl (C=O) groups is 1. The second-order valence-electron chi connectivity index (χ2n) is 7.52. The van der Waals surface area contributed by atoms with Crippen LogP contribution >= 0.6 is 15.9 Å². The number of nitrogens with zero attached hydrogens (tertiary/aromatic N) is 1. The van der Waals surface area contributed by atoms with Gasteiger partial charge in [0.15, 0.2) is 0 Å². The largest absolute Gasteiger partial charge is 0.496 e. The van der Waals surface area contributed by atoms with E-state index in [1.807, 2.05) is 56.3 Å². The van der Waals surface area contributed by atoms with Crippen LogP contribution < -0.4 is 10.1 Å². The fourth-order valence-electron chi connectivity index (χ4n) is 3.74. The number of aryl methyl sites for hydroxylation is 1. The molecule has 0 aliphatic carbocycles. The van der Waals surface area contributed by atoms with E-state index in [0.717, 1.165) is 48.8 Å². The van der Waals surface area contributed by atoms with Crippen molar-refractivity contribution in [1.29, 1.82) is 0 Å². The van der Waals surface area contributed by atoms with Crippen molar-refractivity contribution in [2.45, 2.75) is 20.4 Å². The molecule has 162 valence electrons. The van der Waals surface area contributed by atoms with Gasteiger partial charge < -0.3 is 14.5 Å². The predicted octanol–water partition coefficient (Wildman–Crippen LogP) is 6.29. The Morgan fingerprint density at radius 2 is 1.91 bits per heavy atom. The molecule has 2 aromatic heterocycles. The van der Waals surface area contributed by atoms with Gasteiger partial charge in [0.2, 0.25) is 5.91 Å². The highest BCUT2D eigenvalue weighted by Gasteiger charge is 2.18. The Morgan fingerprint density at radius 3 is 2.59 bits per heavy atom. The number of benzene rings is 2. The minimum atomic E-state index is -0.167. The number of methoxy groups -OCH3 is 1. The number of halogens is 1. The molecule has 0 saturated carbocycles. The molecular formula is C26H23BrN2O3. The van der Waals surface area contributed by atoms with Gasteiger partial charge in [0.25, 0.3) is 0 Å². The van der Waals surface area contributed by atoms with Crippen LogP contribution in [0.4, 0.5) is 0 Å². The summed E-state index contributed by atoms with van der Waals surface area (Å²) in [6.07, 6.45) is 6.78. The molecule has 32 heavy (non-hydrogen) atoms. The minimum Gasteiger partial charge on any atom is -0.496 e. The fraction of sp³-hybridized carbons (Fsp3) is 0.154. The van der Waals surface area contributed by atoms with Crippen molar-refractivity contribution in [1.82, 2.24) is 10.3 Å². The van der Waals surface area contributed by atoms with Gasteiger partial charge in [0, 0.05) is 51.6 Å². The second kappa shape index (κ2) is 9.40. The maximum absolute atomic E-state index is 12.6. The van der Waals surface area contributed by atoms with Gasteiger partial charge >= 0.3 is 0 Å². The van der Waals surface area contributed by atoms with E-state index in [4.69, 9.17) is 9.15 Å². The first-order valence-corrected chi connectivity index (χ1v) is 11.0. The average Bonchev–Trinajstić information content (AvgIpc) is 3.23. The first-order valence-electron chi connectivity index (χ1n) is 10.2. The number of carbonyl (C=O) groups excluding carboxylic acids is 1. The summed E-state index contributed by atoms with van der Waals surface area (Å²) < 4.78 is 12.6. The van der Waals surface area contributed by atoms with Crippen molar-refractivity contribution in [3.63, 3.8) is 0 Å². The Hall–Kier alpha value is -3.38. The molecule has 0 atom stereocenters. The summed E-state index contributed by atoms with van der Waals surface area (Å²) in [6.45, 7) is 4.32. The number of ether oxygens (including phenoxy) is 1. The summed E-state index contributed by atoms with van der Waals surface area (Å²) in [7, 11) is 1.63. The third-order valence-electron chi connectivity index (χ3n) is 5.39. The van der Waals surface area contributed by atoms with Crippen LogP contribution in [0.15, 0.2) is 76.1 Å². The number of rotatable bonds is 6. The van der Waals surface area contributed by atoms with E-state index in [1.54, 1.807) is 31.8 Å². The SMILES string of the molecule is COc1c(/C(C)=C/C(=O)NCc2ccncc2)cc2c(-c3ccc(Br)cc3)coc2c1C. The Labute approximate surface area is 195 Å². The zero-order valence-corrected chi connectivity index (χ0v) is 19.7. The van der Waals surface area contributed by atoms with Gasteiger partial charge in [0.05, 0.1) is 13.4 Å². The third-order valence-corrected chi connectivity index (χ3v) is 5.92. The molecule has 1 amide bonds. The summed E-state index contributed by atoms with van der Waals surface area (Å²) >= 11 is 3.48. The molecule has 0 fully saturated rings. The van der Waals surface area contributed by atoms with Crippen LogP contribution in [-0.4, -0.2) is 18.0 Å². The summed E-state index contributed by atoms with van der Waals surface area (Å²) in [4.78, 5) is 16.5. The molecule has 0 spiro atoms. The summed E-state index contributed by atoms with van der Waals surface area (Å²) in [5.41, 5.74) is 6.38. The van der Waals surface area contributed by atoms with Crippen LogP contribution in [0.1, 0.15) is 23.6 Å². The van der Waals surface area contributed by atoms with E-state index in [1.165, 1.54) is 0 Å². The van der Waals surface area contributed by atoms with Crippen molar-refractivity contribution < 1.29 is 13.9 Å². The van der Waals surface area contributed by atoms with E-state index in [-0.39, 0.29) is 5.91 Å². The van der Waals surface area contributed by atoms with Gasteiger partial charge in [-0.25, -0.2) is 0 Å². The molecule has 0 saturated heterocycles. The number of amides is 1. The molecule has 0 unspecified atom stereocenters. The number of furan rings is 1. The van der Waals surface area contributed by atoms with Gasteiger partial charge in [0.1, 0.15) is 11.3 Å². The van der Waals surface area contributed by atoms with Gasteiger partial charge in [-0.3, -0.25) is 9.78 Å². The van der Waals surface area contributed by atoms with Gasteiger partial charge in [-0.05, 0) is 60.9 Å². The predicted molar refractivity (Wildman–Crippen MR) is 130 cm³/mol. The maximum Gasteiger partial charge on any atom is 0.244 e. The molecule has 5 nitrogen and oxygen atoms in total. The zero-order valence-electron chi connectivity index (χ0n) is 18.1. The van der Waals surface area contributed by atoms with Gasteiger partial charge in [-0.1, -0.05) is 28.1 Å². The smallest absolute Gasteiger partial charge is 0.244 e. The molecule has 6 heteroatoms. The van der Waals surface area contributed by atoms with E-state index in [2.05, 4.69) is 26.2 Å². The standard InChI is InChI=1S/C26H23BrN2O3/c1-16(12-24(30)29-14-18-8-10-28-11-9-18)21-13-22-23(19-4-6-20(27)7-5-19)15-32-26(22)17(2)25(21)31-3/h4-13,15H,14H2,1-3H3,(H,29,30)/b16-12+. The lowest BCUT2D eigenvalue weighted by Gasteiger charge is -2.13. The number of pyridine rings is 1. The van der Waals surface area contributed by atoms with E-state index in [9.17, 15) is 4.79 Å². The van der Waals surface area contributed by atoms with Crippen LogP contribution in [0.3, 0.4) is 0 Å². The maximum atomic E-state index is 12.6. The highest BCUT2D eigenvalue weighted by atomic mass is 79.9. The number of aromatic nitrogens is 1. The van der Waals surface area contributed by atoms with Crippen molar-refractivity contribution in [3.8, 4) is 16.9 Å². The molecule has 2 heterocycles. The first-order chi connectivity index (χ1) is 15.5. The number of hydrogen-bond donors (Lipinski definition) is 1. The molecule has 0 aliphatic heterocycles. The van der Waals surface area contributed by atoms with Crippen LogP contribution in [0.25, 0.3) is 27.7 Å². The van der Waals surface area contributed by atoms with E-state index < -0.39 is 0 Å². The molecule has 0 radical (unpaired) electrons. The van der Waals surface area contributed by atoms with Crippen LogP contribution in [0.2, 0.25) is 0 Å². The van der Waals surface area contributed by atoms with Gasteiger partial charge in [-0.2, -0.15) is 0 Å². The number of hydrogen-bond acceptors (Lipinski definition) is 4. The number of allylic oxidation sites excluding steroid dienone is 1. The fourth-order valence-corrected chi connectivity index (χ4v) is 4.00. The normalized spacial score (nSPS) is 11.6. The van der Waals surface area contributed by atoms with Crippen molar-refractivity contribution in [2.24, 2.45) is 0 Å². The third kappa shape index (κ3) is 4.46. The lowest BCUT2D eigenvalue weighted by Crippen LogP contribution is -2.20. The zero-order chi connectivity index (χ0) is 22.7. The van der Waals surface area contributed by atoms with E-state index in [0.29, 0.717) is 12.3 Å². The molecule has 0 bridgehead atoms. The lowest BCUT2D eigenvalue weighted by atomic mass is 9.96. The summed E-state index contributed by atoms with van der Waals surface area (Å²) in [5, 5.41) is 3.90. The Balaban J connectivity index is 1.70.